The number of aryl methyl sites for hydroxylation is 1. The predicted molar refractivity (Wildman–Crippen MR) is 101 cm³/mol. The maximum absolute atomic E-state index is 12.3. The molecule has 0 radical (unpaired) electrons. The van der Waals surface area contributed by atoms with E-state index in [-0.39, 0.29) is 24.0 Å². The smallest absolute Gasteiger partial charge is 0.308 e. The maximum atomic E-state index is 12.3. The lowest BCUT2D eigenvalue weighted by Gasteiger charge is -2.12. The van der Waals surface area contributed by atoms with Crippen molar-refractivity contribution in [2.24, 2.45) is 10.2 Å². The van der Waals surface area contributed by atoms with Crippen molar-refractivity contribution in [3.05, 3.63) is 23.8 Å². The maximum Gasteiger partial charge on any atom is 0.308 e. The second kappa shape index (κ2) is 8.61. The van der Waals surface area contributed by atoms with Gasteiger partial charge in [0.1, 0.15) is 5.25 Å². The lowest BCUT2D eigenvalue weighted by Crippen LogP contribution is -2.28. The highest BCUT2D eigenvalue weighted by Gasteiger charge is 2.32. The van der Waals surface area contributed by atoms with Crippen LogP contribution in [0.15, 0.2) is 28.4 Å². The van der Waals surface area contributed by atoms with E-state index in [1.54, 1.807) is 32.0 Å². The number of carbonyl (C=O) groups excluding carboxylic acids is 3. The van der Waals surface area contributed by atoms with Crippen molar-refractivity contribution >= 4 is 46.1 Å². The highest BCUT2D eigenvalue weighted by molar-refractivity contribution is 8.15. The molecular formula is C17H20N4O4S. The van der Waals surface area contributed by atoms with E-state index in [2.05, 4.69) is 20.8 Å². The molecule has 1 aromatic carbocycles. The van der Waals surface area contributed by atoms with Crippen molar-refractivity contribution in [3.63, 3.8) is 0 Å². The summed E-state index contributed by atoms with van der Waals surface area (Å²) in [7, 11) is 0. The number of hydrogen-bond acceptors (Lipinski definition) is 7. The van der Waals surface area contributed by atoms with E-state index in [0.717, 1.165) is 23.0 Å². The van der Waals surface area contributed by atoms with Crippen molar-refractivity contribution in [1.29, 1.82) is 0 Å². The zero-order chi connectivity index (χ0) is 19.3. The Morgan fingerprint density at radius 1 is 1.31 bits per heavy atom. The molecule has 0 bridgehead atoms. The summed E-state index contributed by atoms with van der Waals surface area (Å²) in [5, 5.41) is 12.9. The minimum absolute atomic E-state index is 0.0439. The van der Waals surface area contributed by atoms with E-state index in [4.69, 9.17) is 4.74 Å². The highest BCUT2D eigenvalue weighted by Crippen LogP contribution is 2.28. The standard InChI is InChI=1S/C17H20N4O4S/c1-9(2)20-21-17-19-16(24)14(26-17)8-15(23)18-12-7-10(3)5-6-13(12)25-11(4)22/h5-7,14H,8H2,1-4H3,(H,18,23)(H,19,21,24). The van der Waals surface area contributed by atoms with Gasteiger partial charge in [0.25, 0.3) is 0 Å². The summed E-state index contributed by atoms with van der Waals surface area (Å²) in [4.78, 5) is 35.5. The molecule has 2 N–H and O–H groups in total. The number of benzene rings is 1. The Kier molecular flexibility index (Phi) is 6.51. The van der Waals surface area contributed by atoms with Crippen LogP contribution in [0.4, 0.5) is 5.69 Å². The number of nitrogens with one attached hydrogen (secondary N) is 2. The summed E-state index contributed by atoms with van der Waals surface area (Å²) in [5.74, 6) is -0.886. The van der Waals surface area contributed by atoms with E-state index < -0.39 is 11.2 Å². The third-order valence-electron chi connectivity index (χ3n) is 3.15. The molecule has 9 heteroatoms. The molecule has 2 rings (SSSR count). The van der Waals surface area contributed by atoms with Gasteiger partial charge in [-0.15, -0.1) is 5.10 Å². The minimum Gasteiger partial charge on any atom is -0.424 e. The Hall–Kier alpha value is -2.68. The van der Waals surface area contributed by atoms with Crippen LogP contribution in [-0.2, 0) is 14.4 Å². The molecule has 1 atom stereocenters. The monoisotopic (exact) mass is 376 g/mol. The SMILES string of the molecule is CC(=O)Oc1ccc(C)cc1NC(=O)CC1S/C(=N\N=C(C)C)NC1=O. The first kappa shape index (κ1) is 19.6. The van der Waals surface area contributed by atoms with Crippen LogP contribution >= 0.6 is 11.8 Å². The number of carbonyl (C=O) groups is 3. The van der Waals surface area contributed by atoms with Crippen molar-refractivity contribution in [2.75, 3.05) is 5.32 Å². The molecule has 0 aliphatic carbocycles. The van der Waals surface area contributed by atoms with Gasteiger partial charge >= 0.3 is 5.97 Å². The second-order valence-electron chi connectivity index (χ2n) is 5.89. The summed E-state index contributed by atoms with van der Waals surface area (Å²) in [6, 6.07) is 5.08. The first-order chi connectivity index (χ1) is 12.2. The van der Waals surface area contributed by atoms with Crippen LogP contribution in [0.3, 0.4) is 0 Å². The molecule has 1 unspecified atom stereocenters. The normalized spacial score (nSPS) is 17.6. The molecule has 138 valence electrons. The summed E-state index contributed by atoms with van der Waals surface area (Å²) >= 11 is 1.15. The average molecular weight is 376 g/mol. The molecule has 1 aromatic rings. The molecule has 8 nitrogen and oxygen atoms in total. The van der Waals surface area contributed by atoms with Crippen LogP contribution in [0.2, 0.25) is 0 Å². The topological polar surface area (TPSA) is 109 Å². The Morgan fingerprint density at radius 2 is 2.04 bits per heavy atom. The fraction of sp³-hybridized carbons (Fsp3) is 0.353. The lowest BCUT2D eigenvalue weighted by atomic mass is 10.2. The zero-order valence-electron chi connectivity index (χ0n) is 15.0. The highest BCUT2D eigenvalue weighted by atomic mass is 32.2. The second-order valence-corrected chi connectivity index (χ2v) is 7.09. The third kappa shape index (κ3) is 5.69. The molecule has 0 aromatic heterocycles. The van der Waals surface area contributed by atoms with E-state index in [1.807, 2.05) is 6.92 Å². The van der Waals surface area contributed by atoms with Crippen molar-refractivity contribution in [1.82, 2.24) is 5.32 Å². The van der Waals surface area contributed by atoms with Crippen LogP contribution in [0, 0.1) is 6.92 Å². The Labute approximate surface area is 155 Å². The number of hydrogen-bond donors (Lipinski definition) is 2. The number of ether oxygens (including phenoxy) is 1. The molecule has 26 heavy (non-hydrogen) atoms. The Morgan fingerprint density at radius 3 is 2.69 bits per heavy atom. The zero-order valence-corrected chi connectivity index (χ0v) is 15.8. The van der Waals surface area contributed by atoms with Gasteiger partial charge in [0.05, 0.1) is 5.69 Å². The number of nitrogens with zero attached hydrogens (tertiary/aromatic N) is 2. The number of anilines is 1. The number of thioether (sulfide) groups is 1. The van der Waals surface area contributed by atoms with Crippen molar-refractivity contribution < 1.29 is 19.1 Å². The molecule has 1 saturated heterocycles. The van der Waals surface area contributed by atoms with Gasteiger partial charge in [-0.25, -0.2) is 0 Å². The molecule has 1 fully saturated rings. The number of amidine groups is 1. The van der Waals surface area contributed by atoms with Gasteiger partial charge in [-0.3, -0.25) is 14.4 Å². The van der Waals surface area contributed by atoms with Crippen LogP contribution in [0.5, 0.6) is 5.75 Å². The van der Waals surface area contributed by atoms with Crippen molar-refractivity contribution in [2.45, 2.75) is 39.4 Å². The quantitative estimate of drug-likeness (QED) is 0.354. The largest absolute Gasteiger partial charge is 0.424 e. The predicted octanol–water partition coefficient (Wildman–Crippen LogP) is 2.23. The molecule has 0 saturated carbocycles. The molecule has 0 spiro atoms. The average Bonchev–Trinajstić information content (AvgIpc) is 2.87. The van der Waals surface area contributed by atoms with Crippen LogP contribution in [0.1, 0.15) is 32.8 Å². The summed E-state index contributed by atoms with van der Waals surface area (Å²) < 4.78 is 5.09. The molecule has 1 heterocycles. The number of amides is 2. The summed E-state index contributed by atoms with van der Waals surface area (Å²) in [5.41, 5.74) is 2.03. The molecule has 1 aliphatic rings. The van der Waals surface area contributed by atoms with Gasteiger partial charge in [-0.2, -0.15) is 5.10 Å². The molecule has 2 amide bonds. The van der Waals surface area contributed by atoms with Crippen molar-refractivity contribution in [3.8, 4) is 5.75 Å². The van der Waals surface area contributed by atoms with Gasteiger partial charge in [-0.1, -0.05) is 17.8 Å². The van der Waals surface area contributed by atoms with E-state index in [0.29, 0.717) is 10.9 Å². The van der Waals surface area contributed by atoms with Gasteiger partial charge in [0.2, 0.25) is 11.8 Å². The summed E-state index contributed by atoms with van der Waals surface area (Å²) in [6.07, 6.45) is -0.0439. The molecule has 1 aliphatic heterocycles. The van der Waals surface area contributed by atoms with Crippen LogP contribution in [-0.4, -0.2) is 33.9 Å². The fourth-order valence-corrected chi connectivity index (χ4v) is 3.00. The van der Waals surface area contributed by atoms with E-state index >= 15 is 0 Å². The van der Waals surface area contributed by atoms with Crippen LogP contribution < -0.4 is 15.4 Å². The van der Waals surface area contributed by atoms with Crippen LogP contribution in [0.25, 0.3) is 0 Å². The lowest BCUT2D eigenvalue weighted by molar-refractivity contribution is -0.132. The third-order valence-corrected chi connectivity index (χ3v) is 4.22. The Bertz CT molecular complexity index is 800. The number of esters is 1. The fourth-order valence-electron chi connectivity index (χ4n) is 2.09. The Balaban J connectivity index is 2.04. The van der Waals surface area contributed by atoms with E-state index in [9.17, 15) is 14.4 Å². The van der Waals surface area contributed by atoms with Gasteiger partial charge in [0.15, 0.2) is 10.9 Å². The first-order valence-electron chi connectivity index (χ1n) is 7.90. The van der Waals surface area contributed by atoms with Gasteiger partial charge < -0.3 is 15.4 Å². The van der Waals surface area contributed by atoms with Gasteiger partial charge in [0, 0.05) is 19.1 Å². The minimum atomic E-state index is -0.594. The van der Waals surface area contributed by atoms with E-state index in [1.165, 1.54) is 6.92 Å². The number of rotatable bonds is 5. The first-order valence-corrected chi connectivity index (χ1v) is 8.78. The van der Waals surface area contributed by atoms with Gasteiger partial charge in [-0.05, 0) is 38.5 Å². The molecular weight excluding hydrogens is 356 g/mol. The summed E-state index contributed by atoms with van der Waals surface area (Å²) in [6.45, 7) is 6.72.